The van der Waals surface area contributed by atoms with Crippen LogP contribution in [-0.2, 0) is 4.79 Å². The van der Waals surface area contributed by atoms with Crippen LogP contribution in [0.1, 0.15) is 104 Å². The van der Waals surface area contributed by atoms with Crippen LogP contribution in [0, 0.1) is 11.8 Å². The second-order valence-corrected chi connectivity index (χ2v) is 10.3. The molecule has 1 aliphatic rings. The summed E-state index contributed by atoms with van der Waals surface area (Å²) in [5.41, 5.74) is 1.39. The first-order valence-corrected chi connectivity index (χ1v) is 13.5. The number of thioether (sulfide) groups is 1. The fourth-order valence-corrected chi connectivity index (χ4v) is 5.65. The lowest BCUT2D eigenvalue weighted by atomic mass is 9.96. The summed E-state index contributed by atoms with van der Waals surface area (Å²) in [5, 5.41) is 30.0. The number of aliphatic hydroxyl groups is 2. The molecule has 0 aromatic heterocycles. The molecule has 0 amide bonds. The lowest BCUT2D eigenvalue weighted by molar-refractivity contribution is -0.137. The van der Waals surface area contributed by atoms with Crippen LogP contribution < -0.4 is 0 Å². The van der Waals surface area contributed by atoms with Crippen LogP contribution in [0.3, 0.4) is 0 Å². The average molecular weight is 455 g/mol. The molecular formula is C26H46O4S. The normalized spacial score (nSPS) is 21.2. The van der Waals surface area contributed by atoms with Crippen molar-refractivity contribution in [1.29, 1.82) is 0 Å². The molecule has 4 atom stereocenters. The van der Waals surface area contributed by atoms with E-state index < -0.39 is 18.2 Å². The molecule has 0 saturated carbocycles. The van der Waals surface area contributed by atoms with Crippen molar-refractivity contribution in [3.05, 3.63) is 22.6 Å². The monoisotopic (exact) mass is 454 g/mol. The van der Waals surface area contributed by atoms with Crippen molar-refractivity contribution in [3.8, 4) is 0 Å². The highest BCUT2D eigenvalue weighted by atomic mass is 32.2. The number of aliphatic hydroxyl groups excluding tert-OH is 2. The molecule has 0 aromatic rings. The van der Waals surface area contributed by atoms with E-state index in [9.17, 15) is 15.0 Å². The van der Waals surface area contributed by atoms with Crippen molar-refractivity contribution >= 4 is 17.7 Å². The topological polar surface area (TPSA) is 77.8 Å². The third-order valence-corrected chi connectivity index (χ3v) is 7.50. The Bertz CT molecular complexity index is 558. The Kier molecular flexibility index (Phi) is 15.3. The number of hydrogen-bond acceptors (Lipinski definition) is 4. The zero-order valence-electron chi connectivity index (χ0n) is 20.0. The van der Waals surface area contributed by atoms with E-state index in [0.29, 0.717) is 5.92 Å². The Morgan fingerprint density at radius 2 is 1.87 bits per heavy atom. The summed E-state index contributed by atoms with van der Waals surface area (Å²) in [7, 11) is 0. The molecule has 0 radical (unpaired) electrons. The summed E-state index contributed by atoms with van der Waals surface area (Å²) in [6.45, 7) is 6.61. The molecule has 31 heavy (non-hydrogen) atoms. The van der Waals surface area contributed by atoms with Crippen LogP contribution >= 0.6 is 11.8 Å². The number of carboxylic acids is 1. The first kappa shape index (κ1) is 28.3. The SMILES string of the molecule is CCCCCC1=C(SCCCCCC(=O)O)[C@@H](C=C[C@@H](O)C[C@H](C)CCCC)[C@H](O)C1. The number of hydrogen-bond donors (Lipinski definition) is 3. The minimum absolute atomic E-state index is 0.0127. The number of carbonyl (C=O) groups is 1. The Balaban J connectivity index is 2.68. The van der Waals surface area contributed by atoms with Crippen molar-refractivity contribution in [3.63, 3.8) is 0 Å². The maximum atomic E-state index is 10.7. The van der Waals surface area contributed by atoms with Crippen molar-refractivity contribution in [2.45, 2.75) is 116 Å². The summed E-state index contributed by atoms with van der Waals surface area (Å²) in [6.07, 6.45) is 15.7. The number of aliphatic carboxylic acids is 1. The van der Waals surface area contributed by atoms with Gasteiger partial charge in [-0.25, -0.2) is 0 Å². The quantitative estimate of drug-likeness (QED) is 0.158. The highest BCUT2D eigenvalue weighted by Gasteiger charge is 2.31. The largest absolute Gasteiger partial charge is 0.481 e. The van der Waals surface area contributed by atoms with Gasteiger partial charge in [-0.05, 0) is 55.1 Å². The number of unbranched alkanes of at least 4 members (excludes halogenated alkanes) is 5. The lowest BCUT2D eigenvalue weighted by Gasteiger charge is -2.17. The van der Waals surface area contributed by atoms with E-state index in [2.05, 4.69) is 20.8 Å². The van der Waals surface area contributed by atoms with E-state index in [1.54, 1.807) is 0 Å². The van der Waals surface area contributed by atoms with Gasteiger partial charge in [-0.2, -0.15) is 0 Å². The zero-order chi connectivity index (χ0) is 23.1. The molecule has 0 aromatic carbocycles. The molecule has 3 N–H and O–H groups in total. The van der Waals surface area contributed by atoms with Gasteiger partial charge in [0.15, 0.2) is 0 Å². The average Bonchev–Trinajstić information content (AvgIpc) is 3.01. The standard InChI is InChI=1S/C26H46O4S/c1-4-6-9-13-21-19-24(28)23(16-15-22(27)18-20(3)12-7-5-2)26(21)31-17-11-8-10-14-25(29)30/h15-16,20,22-24,27-28H,4-14,17-19H2,1-3H3,(H,29,30)/t20-,22-,23+,24-/m1/s1. The van der Waals surface area contributed by atoms with Crippen molar-refractivity contribution < 1.29 is 20.1 Å². The van der Waals surface area contributed by atoms with Gasteiger partial charge in [-0.15, -0.1) is 11.8 Å². The van der Waals surface area contributed by atoms with Gasteiger partial charge in [0, 0.05) is 12.3 Å². The number of carboxylic acid groups (broad SMARTS) is 1. The summed E-state index contributed by atoms with van der Waals surface area (Å²) in [4.78, 5) is 12.0. The molecule has 0 saturated heterocycles. The highest BCUT2D eigenvalue weighted by Crippen LogP contribution is 2.43. The molecule has 1 aliphatic carbocycles. The fraction of sp³-hybridized carbons (Fsp3) is 0.808. The first-order chi connectivity index (χ1) is 14.9. The summed E-state index contributed by atoms with van der Waals surface area (Å²) in [5.74, 6) is 0.731. The van der Waals surface area contributed by atoms with Crippen LogP contribution in [-0.4, -0.2) is 39.2 Å². The maximum absolute atomic E-state index is 10.7. The lowest BCUT2D eigenvalue weighted by Crippen LogP contribution is -2.15. The summed E-state index contributed by atoms with van der Waals surface area (Å²) < 4.78 is 0. The van der Waals surface area contributed by atoms with Gasteiger partial charge in [-0.1, -0.05) is 77.0 Å². The van der Waals surface area contributed by atoms with Crippen LogP contribution in [0.2, 0.25) is 0 Å². The molecule has 0 aliphatic heterocycles. The van der Waals surface area contributed by atoms with Gasteiger partial charge in [-0.3, -0.25) is 4.79 Å². The molecule has 0 unspecified atom stereocenters. The van der Waals surface area contributed by atoms with E-state index in [0.717, 1.165) is 57.1 Å². The van der Waals surface area contributed by atoms with Crippen molar-refractivity contribution in [2.75, 3.05) is 5.75 Å². The Labute approximate surface area is 194 Å². The van der Waals surface area contributed by atoms with Crippen LogP contribution in [0.4, 0.5) is 0 Å². The third kappa shape index (κ3) is 12.1. The molecule has 5 heteroatoms. The molecule has 0 fully saturated rings. The molecule has 180 valence electrons. The van der Waals surface area contributed by atoms with Gasteiger partial charge in [0.05, 0.1) is 12.2 Å². The van der Waals surface area contributed by atoms with Gasteiger partial charge in [0.25, 0.3) is 0 Å². The molecular weight excluding hydrogens is 408 g/mol. The Morgan fingerprint density at radius 1 is 1.13 bits per heavy atom. The van der Waals surface area contributed by atoms with Crippen LogP contribution in [0.5, 0.6) is 0 Å². The van der Waals surface area contributed by atoms with Crippen LogP contribution in [0.15, 0.2) is 22.6 Å². The fourth-order valence-electron chi connectivity index (χ4n) is 4.26. The molecule has 0 heterocycles. The highest BCUT2D eigenvalue weighted by molar-refractivity contribution is 8.03. The Morgan fingerprint density at radius 3 is 2.55 bits per heavy atom. The van der Waals surface area contributed by atoms with E-state index in [-0.39, 0.29) is 12.3 Å². The van der Waals surface area contributed by atoms with E-state index in [4.69, 9.17) is 5.11 Å². The smallest absolute Gasteiger partial charge is 0.303 e. The summed E-state index contributed by atoms with van der Waals surface area (Å²) in [6, 6.07) is 0. The third-order valence-electron chi connectivity index (χ3n) is 6.13. The predicted molar refractivity (Wildman–Crippen MR) is 132 cm³/mol. The molecule has 1 rings (SSSR count). The minimum Gasteiger partial charge on any atom is -0.481 e. The molecule has 4 nitrogen and oxygen atoms in total. The van der Waals surface area contributed by atoms with Crippen molar-refractivity contribution in [1.82, 2.24) is 0 Å². The van der Waals surface area contributed by atoms with E-state index in [1.165, 1.54) is 36.2 Å². The van der Waals surface area contributed by atoms with E-state index >= 15 is 0 Å². The van der Waals surface area contributed by atoms with Gasteiger partial charge in [0.2, 0.25) is 0 Å². The van der Waals surface area contributed by atoms with Gasteiger partial charge >= 0.3 is 5.97 Å². The van der Waals surface area contributed by atoms with Gasteiger partial charge in [0.1, 0.15) is 0 Å². The number of rotatable bonds is 18. The van der Waals surface area contributed by atoms with E-state index in [1.807, 2.05) is 23.9 Å². The summed E-state index contributed by atoms with van der Waals surface area (Å²) >= 11 is 1.84. The zero-order valence-corrected chi connectivity index (χ0v) is 20.8. The van der Waals surface area contributed by atoms with Gasteiger partial charge < -0.3 is 15.3 Å². The van der Waals surface area contributed by atoms with Crippen molar-refractivity contribution in [2.24, 2.45) is 11.8 Å². The Hall–Kier alpha value is -0.780. The molecule has 0 spiro atoms. The predicted octanol–water partition coefficient (Wildman–Crippen LogP) is 6.71. The molecule has 0 bridgehead atoms. The second kappa shape index (κ2) is 16.8. The maximum Gasteiger partial charge on any atom is 0.303 e. The second-order valence-electron chi connectivity index (χ2n) is 9.21. The first-order valence-electron chi connectivity index (χ1n) is 12.5. The van der Waals surface area contributed by atoms with Crippen LogP contribution in [0.25, 0.3) is 0 Å². The minimum atomic E-state index is -0.722.